The van der Waals surface area contributed by atoms with Crippen molar-refractivity contribution in [2.24, 2.45) is 0 Å². The lowest BCUT2D eigenvalue weighted by molar-refractivity contribution is 0.257. The van der Waals surface area contributed by atoms with Crippen LogP contribution in [-0.4, -0.2) is 29.6 Å². The van der Waals surface area contributed by atoms with Gasteiger partial charge in [-0.2, -0.15) is 0 Å². The minimum atomic E-state index is 1.13. The molecule has 0 N–H and O–H groups in total. The van der Waals surface area contributed by atoms with E-state index in [4.69, 9.17) is 0 Å². The number of hydrogen-bond acceptors (Lipinski definition) is 2. The maximum Gasteiger partial charge on any atom is 0.0893 e. The minimum Gasteiger partial charge on any atom is -0.359 e. The van der Waals surface area contributed by atoms with E-state index >= 15 is 0 Å². The highest BCUT2D eigenvalue weighted by atomic mass is 15.3. The van der Waals surface area contributed by atoms with Crippen molar-refractivity contribution >= 4 is 0 Å². The molecule has 2 nitrogen and oxygen atoms in total. The Labute approximate surface area is 216 Å². The van der Waals surface area contributed by atoms with Crippen LogP contribution in [0.2, 0.25) is 0 Å². The van der Waals surface area contributed by atoms with Crippen LogP contribution in [0.1, 0.15) is 174 Å². The predicted molar refractivity (Wildman–Crippen MR) is 154 cm³/mol. The van der Waals surface area contributed by atoms with Gasteiger partial charge in [0.2, 0.25) is 0 Å². The second kappa shape index (κ2) is 25.4. The van der Waals surface area contributed by atoms with Crippen LogP contribution in [0.15, 0.2) is 12.4 Å². The molecule has 0 aromatic heterocycles. The molecule has 0 aromatic carbocycles. The third-order valence-electron chi connectivity index (χ3n) is 7.70. The van der Waals surface area contributed by atoms with Gasteiger partial charge in [0.1, 0.15) is 0 Å². The summed E-state index contributed by atoms with van der Waals surface area (Å²) in [6.45, 7) is 8.24. The van der Waals surface area contributed by atoms with Gasteiger partial charge in [0.05, 0.1) is 6.67 Å². The molecule has 202 valence electrons. The molecule has 0 bridgehead atoms. The van der Waals surface area contributed by atoms with Crippen LogP contribution >= 0.6 is 0 Å². The molecular weight excluding hydrogens is 412 g/mol. The van der Waals surface area contributed by atoms with Gasteiger partial charge in [-0.15, -0.1) is 0 Å². The zero-order chi connectivity index (χ0) is 24.4. The number of rotatable bonds is 27. The van der Waals surface area contributed by atoms with E-state index in [0.717, 1.165) is 6.67 Å². The lowest BCUT2D eigenvalue weighted by Crippen LogP contribution is -2.26. The Balaban J connectivity index is 1.75. The second-order valence-corrected chi connectivity index (χ2v) is 11.2. The summed E-state index contributed by atoms with van der Waals surface area (Å²) in [6.07, 6.45) is 40.7. The third kappa shape index (κ3) is 20.7. The Morgan fingerprint density at radius 3 is 0.853 bits per heavy atom. The summed E-state index contributed by atoms with van der Waals surface area (Å²) in [4.78, 5) is 5.05. The molecule has 0 aliphatic carbocycles. The molecule has 0 saturated heterocycles. The van der Waals surface area contributed by atoms with Gasteiger partial charge in [-0.05, 0) is 12.8 Å². The minimum absolute atomic E-state index is 1.13. The van der Waals surface area contributed by atoms with Crippen LogP contribution in [0, 0.1) is 0 Å². The summed E-state index contributed by atoms with van der Waals surface area (Å²) in [5.41, 5.74) is 0. The van der Waals surface area contributed by atoms with E-state index in [-0.39, 0.29) is 0 Å². The average molecular weight is 477 g/mol. The molecule has 1 aliphatic heterocycles. The van der Waals surface area contributed by atoms with Crippen molar-refractivity contribution in [2.75, 3.05) is 19.8 Å². The molecule has 0 amide bonds. The van der Waals surface area contributed by atoms with Crippen LogP contribution in [0.5, 0.6) is 0 Å². The Kier molecular flexibility index (Phi) is 23.5. The first-order valence-corrected chi connectivity index (χ1v) is 16.0. The highest BCUT2D eigenvalue weighted by Crippen LogP contribution is 2.15. The van der Waals surface area contributed by atoms with Crippen LogP contribution in [0.3, 0.4) is 0 Å². The quantitative estimate of drug-likeness (QED) is 0.109. The number of nitrogens with zero attached hydrogens (tertiary/aromatic N) is 2. The van der Waals surface area contributed by atoms with Gasteiger partial charge in [0.25, 0.3) is 0 Å². The first kappa shape index (κ1) is 31.4. The zero-order valence-electron chi connectivity index (χ0n) is 23.8. The molecule has 0 aromatic rings. The van der Waals surface area contributed by atoms with Gasteiger partial charge >= 0.3 is 0 Å². The van der Waals surface area contributed by atoms with Gasteiger partial charge in [0, 0.05) is 25.5 Å². The van der Waals surface area contributed by atoms with E-state index in [1.54, 1.807) is 0 Å². The highest BCUT2D eigenvalue weighted by Gasteiger charge is 2.10. The van der Waals surface area contributed by atoms with Crippen molar-refractivity contribution in [3.63, 3.8) is 0 Å². The Bertz CT molecular complexity index is 419. The maximum absolute atomic E-state index is 2.53. The molecule has 2 heteroatoms. The van der Waals surface area contributed by atoms with Crippen molar-refractivity contribution < 1.29 is 0 Å². The first-order valence-electron chi connectivity index (χ1n) is 16.0. The Hall–Kier alpha value is -0.660. The van der Waals surface area contributed by atoms with Gasteiger partial charge in [-0.25, -0.2) is 0 Å². The molecule has 0 unspecified atom stereocenters. The third-order valence-corrected chi connectivity index (χ3v) is 7.70. The summed E-state index contributed by atoms with van der Waals surface area (Å²) in [5, 5.41) is 0. The maximum atomic E-state index is 2.53. The lowest BCUT2D eigenvalue weighted by Gasteiger charge is -2.21. The summed E-state index contributed by atoms with van der Waals surface area (Å²) in [6, 6.07) is 0. The molecule has 1 rings (SSSR count). The molecular formula is C32H64N2. The molecule has 1 heterocycles. The fraction of sp³-hybridized carbons (Fsp3) is 0.938. The van der Waals surface area contributed by atoms with Crippen molar-refractivity contribution in [1.82, 2.24) is 9.80 Å². The van der Waals surface area contributed by atoms with E-state index < -0.39 is 0 Å². The van der Waals surface area contributed by atoms with Crippen molar-refractivity contribution in [1.29, 1.82) is 0 Å². The monoisotopic (exact) mass is 477 g/mol. The normalized spacial score (nSPS) is 13.5. The Morgan fingerprint density at radius 2 is 0.588 bits per heavy atom. The van der Waals surface area contributed by atoms with Crippen molar-refractivity contribution in [3.05, 3.63) is 12.4 Å². The molecule has 0 fully saturated rings. The largest absolute Gasteiger partial charge is 0.359 e. The average Bonchev–Trinajstić information content (AvgIpc) is 3.30. The van der Waals surface area contributed by atoms with Crippen LogP contribution in [-0.2, 0) is 0 Å². The smallest absolute Gasteiger partial charge is 0.0893 e. The topological polar surface area (TPSA) is 6.48 Å². The Morgan fingerprint density at radius 1 is 0.353 bits per heavy atom. The fourth-order valence-electron chi connectivity index (χ4n) is 5.30. The van der Waals surface area contributed by atoms with Gasteiger partial charge in [-0.1, -0.05) is 162 Å². The van der Waals surface area contributed by atoms with Crippen LogP contribution < -0.4 is 0 Å². The van der Waals surface area contributed by atoms with Crippen molar-refractivity contribution in [2.45, 2.75) is 174 Å². The van der Waals surface area contributed by atoms with E-state index in [1.165, 1.54) is 174 Å². The first-order chi connectivity index (χ1) is 16.9. The molecule has 0 saturated carbocycles. The molecule has 1 aliphatic rings. The lowest BCUT2D eigenvalue weighted by atomic mass is 10.0. The van der Waals surface area contributed by atoms with Gasteiger partial charge in [-0.3, -0.25) is 0 Å². The number of unbranched alkanes of at least 4 members (excludes halogenated alkanes) is 23. The molecule has 0 radical (unpaired) electrons. The van der Waals surface area contributed by atoms with E-state index in [9.17, 15) is 0 Å². The second-order valence-electron chi connectivity index (χ2n) is 11.2. The predicted octanol–water partition coefficient (Wildman–Crippen LogP) is 10.8. The number of hydrogen-bond donors (Lipinski definition) is 0. The molecule has 0 atom stereocenters. The van der Waals surface area contributed by atoms with E-state index in [1.807, 2.05) is 0 Å². The van der Waals surface area contributed by atoms with Crippen LogP contribution in [0.4, 0.5) is 0 Å². The highest BCUT2D eigenvalue weighted by molar-refractivity contribution is 4.90. The molecule has 34 heavy (non-hydrogen) atoms. The van der Waals surface area contributed by atoms with Gasteiger partial charge < -0.3 is 9.80 Å². The van der Waals surface area contributed by atoms with E-state index in [2.05, 4.69) is 36.0 Å². The summed E-state index contributed by atoms with van der Waals surface area (Å²) in [5.74, 6) is 0. The van der Waals surface area contributed by atoms with Crippen molar-refractivity contribution in [3.8, 4) is 0 Å². The summed E-state index contributed by atoms with van der Waals surface area (Å²) < 4.78 is 0. The zero-order valence-corrected chi connectivity index (χ0v) is 23.8. The van der Waals surface area contributed by atoms with Crippen LogP contribution in [0.25, 0.3) is 0 Å². The van der Waals surface area contributed by atoms with E-state index in [0.29, 0.717) is 0 Å². The molecule has 0 spiro atoms. The summed E-state index contributed by atoms with van der Waals surface area (Å²) in [7, 11) is 0. The standard InChI is InChI=1S/C32H64N2/c1-3-5-7-9-11-13-14-15-16-17-18-19-21-23-25-27-29-34-31-30-33(32-34)28-26-24-22-20-12-10-8-6-4-2/h30-31H,3-29,32H2,1-2H3. The fourth-order valence-corrected chi connectivity index (χ4v) is 5.30. The summed E-state index contributed by atoms with van der Waals surface area (Å²) >= 11 is 0. The SMILES string of the molecule is CCCCCCCCCCCCCCCCCCN1C=CN(CCCCCCCCCCC)C1. The van der Waals surface area contributed by atoms with Gasteiger partial charge in [0.15, 0.2) is 0 Å².